The Bertz CT molecular complexity index is 2030. The molecule has 0 aromatic heterocycles. The Morgan fingerprint density at radius 1 is 0.600 bits per heavy atom. The first kappa shape index (κ1) is 22.2. The molecule has 188 valence electrons. The minimum absolute atomic E-state index is 0.410. The van der Waals surface area contributed by atoms with Gasteiger partial charge in [0.2, 0.25) is 0 Å². The summed E-state index contributed by atoms with van der Waals surface area (Å²) in [5.41, 5.74) is 14.1. The largest absolute Gasteiger partial charge is 0.0839 e. The lowest BCUT2D eigenvalue weighted by atomic mass is 9.70. The molecule has 0 bridgehead atoms. The van der Waals surface area contributed by atoms with Gasteiger partial charge in [-0.25, -0.2) is 0 Å². The first-order valence-corrected chi connectivity index (χ1v) is 14.5. The number of hydrogen-bond donors (Lipinski definition) is 0. The minimum atomic E-state index is 0.410. The summed E-state index contributed by atoms with van der Waals surface area (Å²) in [6.07, 6.45) is 16.7. The molecule has 5 aromatic carbocycles. The molecule has 0 saturated carbocycles. The standard InChI is InChI=1S/C40H28/c1-3-12-25(13-4-1)38-30-18-9-10-19-31(30)39(26-14-5-2-6-15-26)37-24-34-33(23-36(37)38)32-21-11-20-29-28-17-8-7-16-27(28)22-35(34)40(29)32/h1-6,8-15,17-24,29,40H,7,16H2. The van der Waals surface area contributed by atoms with Crippen molar-refractivity contribution in [3.05, 3.63) is 156 Å². The Hall–Kier alpha value is -4.68. The fourth-order valence-corrected chi connectivity index (χ4v) is 7.82. The van der Waals surface area contributed by atoms with Gasteiger partial charge in [-0.2, -0.15) is 0 Å². The predicted molar refractivity (Wildman–Crippen MR) is 170 cm³/mol. The monoisotopic (exact) mass is 508 g/mol. The number of rotatable bonds is 2. The molecule has 0 nitrogen and oxygen atoms in total. The van der Waals surface area contributed by atoms with E-state index < -0.39 is 0 Å². The molecule has 2 unspecified atom stereocenters. The van der Waals surface area contributed by atoms with Crippen molar-refractivity contribution in [1.82, 2.24) is 0 Å². The van der Waals surface area contributed by atoms with Gasteiger partial charge >= 0.3 is 0 Å². The molecule has 5 aromatic rings. The number of hydrogen-bond acceptors (Lipinski definition) is 0. The lowest BCUT2D eigenvalue weighted by molar-refractivity contribution is 0.660. The Kier molecular flexibility index (Phi) is 4.66. The van der Waals surface area contributed by atoms with Gasteiger partial charge in [-0.1, -0.05) is 121 Å². The van der Waals surface area contributed by atoms with Crippen LogP contribution in [0.3, 0.4) is 0 Å². The summed E-state index contributed by atoms with van der Waals surface area (Å²) in [5.74, 6) is 0.844. The van der Waals surface area contributed by atoms with Crippen molar-refractivity contribution in [3.63, 3.8) is 0 Å². The van der Waals surface area contributed by atoms with Crippen LogP contribution in [0.4, 0.5) is 0 Å². The third kappa shape index (κ3) is 3.02. The topological polar surface area (TPSA) is 0 Å². The van der Waals surface area contributed by atoms with Crippen LogP contribution in [0.5, 0.6) is 0 Å². The Labute approximate surface area is 235 Å². The van der Waals surface area contributed by atoms with E-state index in [9.17, 15) is 0 Å². The second kappa shape index (κ2) is 8.41. The normalized spacial score (nSPS) is 20.3. The fraction of sp³-hybridized carbons (Fsp3) is 0.100. The Balaban J connectivity index is 1.44. The zero-order valence-electron chi connectivity index (χ0n) is 22.3. The summed E-state index contributed by atoms with van der Waals surface area (Å²) in [4.78, 5) is 0. The molecule has 4 aliphatic rings. The molecule has 40 heavy (non-hydrogen) atoms. The summed E-state index contributed by atoms with van der Waals surface area (Å²) >= 11 is 0. The van der Waals surface area contributed by atoms with Crippen molar-refractivity contribution in [3.8, 4) is 22.3 Å². The van der Waals surface area contributed by atoms with Gasteiger partial charge in [0, 0.05) is 11.8 Å². The maximum absolute atomic E-state index is 2.55. The smallest absolute Gasteiger partial charge is 0.0205 e. The van der Waals surface area contributed by atoms with Crippen LogP contribution in [-0.2, 0) is 0 Å². The molecular formula is C40H28. The molecule has 0 spiro atoms. The van der Waals surface area contributed by atoms with Crippen LogP contribution in [0.2, 0.25) is 0 Å². The molecule has 0 heterocycles. The second-order valence-electron chi connectivity index (χ2n) is 11.5. The van der Waals surface area contributed by atoms with Crippen LogP contribution in [0.15, 0.2) is 145 Å². The third-order valence-corrected chi connectivity index (χ3v) is 9.47. The fourth-order valence-electron chi connectivity index (χ4n) is 7.82. The molecule has 2 atom stereocenters. The predicted octanol–water partition coefficient (Wildman–Crippen LogP) is 10.6. The maximum atomic E-state index is 2.55. The van der Waals surface area contributed by atoms with Gasteiger partial charge in [0.25, 0.3) is 0 Å². The van der Waals surface area contributed by atoms with E-state index >= 15 is 0 Å². The summed E-state index contributed by atoms with van der Waals surface area (Å²) in [6, 6.07) is 36.0. The van der Waals surface area contributed by atoms with Gasteiger partial charge in [0.1, 0.15) is 0 Å². The van der Waals surface area contributed by atoms with E-state index in [0.29, 0.717) is 11.8 Å². The second-order valence-corrected chi connectivity index (χ2v) is 11.5. The van der Waals surface area contributed by atoms with E-state index in [4.69, 9.17) is 0 Å². The van der Waals surface area contributed by atoms with Gasteiger partial charge in [-0.3, -0.25) is 0 Å². The maximum Gasteiger partial charge on any atom is 0.0205 e. The van der Waals surface area contributed by atoms with Crippen molar-refractivity contribution < 1.29 is 0 Å². The van der Waals surface area contributed by atoms with E-state index in [1.54, 1.807) is 0 Å². The number of benzene rings is 5. The molecular weight excluding hydrogens is 480 g/mol. The summed E-state index contributed by atoms with van der Waals surface area (Å²) in [7, 11) is 0. The lowest BCUT2D eigenvalue weighted by Gasteiger charge is -2.34. The summed E-state index contributed by atoms with van der Waals surface area (Å²) in [6.45, 7) is 0. The highest BCUT2D eigenvalue weighted by Gasteiger charge is 2.42. The van der Waals surface area contributed by atoms with Gasteiger partial charge in [0.15, 0.2) is 0 Å². The van der Waals surface area contributed by atoms with Crippen LogP contribution in [0, 0.1) is 11.8 Å². The average Bonchev–Trinajstić information content (AvgIpc) is 3.33. The van der Waals surface area contributed by atoms with Crippen LogP contribution >= 0.6 is 0 Å². The van der Waals surface area contributed by atoms with Crippen molar-refractivity contribution in [2.75, 3.05) is 0 Å². The van der Waals surface area contributed by atoms with E-state index in [2.05, 4.69) is 134 Å². The third-order valence-electron chi connectivity index (χ3n) is 9.47. The first-order chi connectivity index (χ1) is 19.9. The SMILES string of the molecule is C1=CC2C3=C(C=C4c5cc6c(-c7ccccc7)c7ccccc7c(-c7ccccc7)c6cc5C(=C1)C42)CCC=C3. The zero-order chi connectivity index (χ0) is 26.2. The molecule has 9 rings (SSSR count). The Morgan fingerprint density at radius 3 is 1.85 bits per heavy atom. The molecule has 0 heteroatoms. The molecule has 0 saturated heterocycles. The molecule has 0 fully saturated rings. The molecule has 0 radical (unpaired) electrons. The summed E-state index contributed by atoms with van der Waals surface area (Å²) < 4.78 is 0. The van der Waals surface area contributed by atoms with Crippen molar-refractivity contribution in [2.24, 2.45) is 11.8 Å². The van der Waals surface area contributed by atoms with E-state index in [0.717, 1.165) is 12.8 Å². The van der Waals surface area contributed by atoms with Crippen molar-refractivity contribution in [1.29, 1.82) is 0 Å². The average molecular weight is 509 g/mol. The number of allylic oxidation sites excluding steroid dienone is 10. The van der Waals surface area contributed by atoms with Crippen LogP contribution < -0.4 is 0 Å². The van der Waals surface area contributed by atoms with Crippen LogP contribution in [0.25, 0.3) is 54.9 Å². The van der Waals surface area contributed by atoms with Crippen LogP contribution in [0.1, 0.15) is 24.0 Å². The lowest BCUT2D eigenvalue weighted by Crippen LogP contribution is -2.21. The molecule has 0 N–H and O–H groups in total. The molecule has 0 amide bonds. The summed E-state index contributed by atoms with van der Waals surface area (Å²) in [5, 5.41) is 5.31. The quantitative estimate of drug-likeness (QED) is 0.208. The first-order valence-electron chi connectivity index (χ1n) is 14.5. The van der Waals surface area contributed by atoms with Crippen LogP contribution in [-0.4, -0.2) is 0 Å². The van der Waals surface area contributed by atoms with Crippen molar-refractivity contribution >= 4 is 32.7 Å². The zero-order valence-corrected chi connectivity index (χ0v) is 22.3. The van der Waals surface area contributed by atoms with E-state index in [-0.39, 0.29) is 0 Å². The Morgan fingerprint density at radius 2 is 1.20 bits per heavy atom. The van der Waals surface area contributed by atoms with Gasteiger partial charge in [-0.05, 0) is 102 Å². The van der Waals surface area contributed by atoms with Gasteiger partial charge in [-0.15, -0.1) is 0 Å². The highest BCUT2D eigenvalue weighted by molar-refractivity contribution is 6.23. The van der Waals surface area contributed by atoms with Crippen molar-refractivity contribution in [2.45, 2.75) is 12.8 Å². The molecule has 4 aliphatic carbocycles. The van der Waals surface area contributed by atoms with E-state index in [1.807, 2.05) is 0 Å². The van der Waals surface area contributed by atoms with E-state index in [1.165, 1.54) is 77.2 Å². The highest BCUT2D eigenvalue weighted by Crippen LogP contribution is 2.58. The minimum Gasteiger partial charge on any atom is -0.0839 e. The highest BCUT2D eigenvalue weighted by atomic mass is 14.4. The molecule has 0 aliphatic heterocycles. The van der Waals surface area contributed by atoms with Gasteiger partial charge < -0.3 is 0 Å². The number of fused-ring (bicyclic) bond motifs is 6. The van der Waals surface area contributed by atoms with Gasteiger partial charge in [0.05, 0.1) is 0 Å².